The minimum Gasteiger partial charge on any atom is -0.368 e. The van der Waals surface area contributed by atoms with E-state index < -0.39 is 23.7 Å². The maximum atomic E-state index is 13.3. The molecule has 0 heterocycles. The molecule has 0 aliphatic heterocycles. The number of carbonyl (C=O) groups excluding carboxylic acids is 2. The number of hydrogen-bond donors (Lipinski definition) is 2. The summed E-state index contributed by atoms with van der Waals surface area (Å²) in [4.78, 5) is 22.8. The first-order chi connectivity index (χ1) is 7.93. The lowest BCUT2D eigenvalue weighted by atomic mass is 10.0. The highest BCUT2D eigenvalue weighted by atomic mass is 19.1. The molecule has 4 nitrogen and oxygen atoms in total. The van der Waals surface area contributed by atoms with Gasteiger partial charge in [0, 0.05) is 0 Å². The van der Waals surface area contributed by atoms with Crippen LogP contribution in [0.5, 0.6) is 0 Å². The highest BCUT2D eigenvalue weighted by Crippen LogP contribution is 2.08. The Morgan fingerprint density at radius 1 is 1.29 bits per heavy atom. The Morgan fingerprint density at radius 2 is 1.88 bits per heavy atom. The third-order valence-corrected chi connectivity index (χ3v) is 2.38. The lowest BCUT2D eigenvalue weighted by molar-refractivity contribution is -0.120. The van der Waals surface area contributed by atoms with Gasteiger partial charge in [-0.3, -0.25) is 9.59 Å². The molecular formula is C12H15FN2O2. The number of halogens is 1. The molecule has 0 fully saturated rings. The first kappa shape index (κ1) is 13.2. The summed E-state index contributed by atoms with van der Waals surface area (Å²) in [5.74, 6) is -2.05. The minimum absolute atomic E-state index is 0.0978. The van der Waals surface area contributed by atoms with Crippen LogP contribution in [0.15, 0.2) is 24.3 Å². The topological polar surface area (TPSA) is 72.2 Å². The van der Waals surface area contributed by atoms with Gasteiger partial charge in [-0.1, -0.05) is 26.0 Å². The Bertz CT molecular complexity index is 432. The van der Waals surface area contributed by atoms with Crippen LogP contribution in [-0.4, -0.2) is 17.9 Å². The molecule has 0 saturated carbocycles. The summed E-state index contributed by atoms with van der Waals surface area (Å²) in [6.07, 6.45) is 0. The lowest BCUT2D eigenvalue weighted by Gasteiger charge is -2.18. The summed E-state index contributed by atoms with van der Waals surface area (Å²) in [6.45, 7) is 3.49. The number of nitrogens with one attached hydrogen (secondary N) is 1. The Morgan fingerprint density at radius 3 is 2.35 bits per heavy atom. The molecule has 1 rings (SSSR count). The van der Waals surface area contributed by atoms with E-state index in [-0.39, 0.29) is 11.5 Å². The number of hydrogen-bond acceptors (Lipinski definition) is 2. The van der Waals surface area contributed by atoms with Crippen molar-refractivity contribution in [3.05, 3.63) is 35.6 Å². The van der Waals surface area contributed by atoms with E-state index in [0.29, 0.717) is 0 Å². The van der Waals surface area contributed by atoms with Crippen molar-refractivity contribution in [2.75, 3.05) is 0 Å². The fourth-order valence-electron chi connectivity index (χ4n) is 1.43. The zero-order valence-corrected chi connectivity index (χ0v) is 9.74. The second-order valence-electron chi connectivity index (χ2n) is 4.08. The molecular weight excluding hydrogens is 223 g/mol. The fraction of sp³-hybridized carbons (Fsp3) is 0.333. The van der Waals surface area contributed by atoms with Gasteiger partial charge in [0.1, 0.15) is 11.9 Å². The monoisotopic (exact) mass is 238 g/mol. The average Bonchev–Trinajstić information content (AvgIpc) is 2.25. The lowest BCUT2D eigenvalue weighted by Crippen LogP contribution is -2.47. The fourth-order valence-corrected chi connectivity index (χ4v) is 1.43. The molecule has 0 saturated heterocycles. The number of rotatable bonds is 4. The standard InChI is InChI=1S/C12H15FN2O2/c1-7(2)10(11(14)16)15-12(17)8-5-3-4-6-9(8)13/h3-7,10H,1-2H3,(H2,14,16)(H,15,17)/t10-/m1/s1. The minimum atomic E-state index is -0.804. The Balaban J connectivity index is 2.85. The molecule has 0 unspecified atom stereocenters. The van der Waals surface area contributed by atoms with Gasteiger partial charge in [-0.05, 0) is 18.1 Å². The SMILES string of the molecule is CC(C)[C@@H](NC(=O)c1ccccc1F)C(N)=O. The molecule has 0 aromatic heterocycles. The van der Waals surface area contributed by atoms with Gasteiger partial charge in [0.25, 0.3) is 5.91 Å². The smallest absolute Gasteiger partial charge is 0.254 e. The molecule has 92 valence electrons. The third-order valence-electron chi connectivity index (χ3n) is 2.38. The first-order valence-corrected chi connectivity index (χ1v) is 5.28. The summed E-state index contributed by atoms with van der Waals surface area (Å²) in [7, 11) is 0. The van der Waals surface area contributed by atoms with E-state index in [1.54, 1.807) is 19.9 Å². The van der Waals surface area contributed by atoms with E-state index in [9.17, 15) is 14.0 Å². The van der Waals surface area contributed by atoms with E-state index in [2.05, 4.69) is 5.32 Å². The molecule has 0 spiro atoms. The van der Waals surface area contributed by atoms with E-state index >= 15 is 0 Å². The van der Waals surface area contributed by atoms with Gasteiger partial charge < -0.3 is 11.1 Å². The second-order valence-corrected chi connectivity index (χ2v) is 4.08. The van der Waals surface area contributed by atoms with E-state index in [4.69, 9.17) is 5.73 Å². The largest absolute Gasteiger partial charge is 0.368 e. The van der Waals surface area contributed by atoms with Crippen molar-refractivity contribution >= 4 is 11.8 Å². The normalized spacial score (nSPS) is 12.2. The number of amides is 2. The predicted octanol–water partition coefficient (Wildman–Crippen LogP) is 1.07. The van der Waals surface area contributed by atoms with Crippen molar-refractivity contribution in [2.45, 2.75) is 19.9 Å². The van der Waals surface area contributed by atoms with Crippen LogP contribution in [0.4, 0.5) is 4.39 Å². The maximum absolute atomic E-state index is 13.3. The summed E-state index contributed by atoms with van der Waals surface area (Å²) in [5, 5.41) is 2.42. The van der Waals surface area contributed by atoms with Gasteiger partial charge in [0.15, 0.2) is 0 Å². The van der Waals surface area contributed by atoms with E-state index in [1.165, 1.54) is 18.2 Å². The van der Waals surface area contributed by atoms with Crippen molar-refractivity contribution in [1.82, 2.24) is 5.32 Å². The molecule has 1 aromatic rings. The molecule has 2 amide bonds. The first-order valence-electron chi connectivity index (χ1n) is 5.28. The zero-order chi connectivity index (χ0) is 13.0. The quantitative estimate of drug-likeness (QED) is 0.823. The van der Waals surface area contributed by atoms with Crippen LogP contribution >= 0.6 is 0 Å². The third kappa shape index (κ3) is 3.27. The van der Waals surface area contributed by atoms with Crippen LogP contribution in [0.2, 0.25) is 0 Å². The predicted molar refractivity (Wildman–Crippen MR) is 61.7 cm³/mol. The van der Waals surface area contributed by atoms with Crippen molar-refractivity contribution in [3.8, 4) is 0 Å². The van der Waals surface area contributed by atoms with Crippen LogP contribution < -0.4 is 11.1 Å². The summed E-state index contributed by atoms with van der Waals surface area (Å²) >= 11 is 0. The molecule has 0 bridgehead atoms. The van der Waals surface area contributed by atoms with Crippen molar-refractivity contribution < 1.29 is 14.0 Å². The Kier molecular flexibility index (Phi) is 4.20. The Hall–Kier alpha value is -1.91. The summed E-state index contributed by atoms with van der Waals surface area (Å²) in [5.41, 5.74) is 5.06. The van der Waals surface area contributed by atoms with Crippen LogP contribution in [0.3, 0.4) is 0 Å². The molecule has 0 aliphatic rings. The highest BCUT2D eigenvalue weighted by Gasteiger charge is 2.23. The van der Waals surface area contributed by atoms with Gasteiger partial charge in [-0.15, -0.1) is 0 Å². The van der Waals surface area contributed by atoms with E-state index in [0.717, 1.165) is 0 Å². The number of carbonyl (C=O) groups is 2. The number of primary amides is 1. The molecule has 3 N–H and O–H groups in total. The van der Waals surface area contributed by atoms with Crippen LogP contribution in [0, 0.1) is 11.7 Å². The molecule has 1 atom stereocenters. The van der Waals surface area contributed by atoms with Crippen LogP contribution in [0.25, 0.3) is 0 Å². The summed E-state index contributed by atoms with van der Waals surface area (Å²) in [6, 6.07) is 4.77. The van der Waals surface area contributed by atoms with Gasteiger partial charge in [0.05, 0.1) is 5.56 Å². The van der Waals surface area contributed by atoms with Crippen LogP contribution in [0.1, 0.15) is 24.2 Å². The van der Waals surface area contributed by atoms with Gasteiger partial charge in [-0.25, -0.2) is 4.39 Å². The molecule has 0 radical (unpaired) electrons. The average molecular weight is 238 g/mol. The van der Waals surface area contributed by atoms with Crippen molar-refractivity contribution in [2.24, 2.45) is 11.7 Å². The van der Waals surface area contributed by atoms with Gasteiger partial charge >= 0.3 is 0 Å². The molecule has 0 aliphatic carbocycles. The van der Waals surface area contributed by atoms with E-state index in [1.807, 2.05) is 0 Å². The van der Waals surface area contributed by atoms with Gasteiger partial charge in [-0.2, -0.15) is 0 Å². The number of benzene rings is 1. The highest BCUT2D eigenvalue weighted by molar-refractivity contribution is 5.97. The van der Waals surface area contributed by atoms with Crippen molar-refractivity contribution in [1.29, 1.82) is 0 Å². The second kappa shape index (κ2) is 5.43. The summed E-state index contributed by atoms with van der Waals surface area (Å²) < 4.78 is 13.3. The Labute approximate surface area is 99.0 Å². The van der Waals surface area contributed by atoms with Gasteiger partial charge in [0.2, 0.25) is 5.91 Å². The molecule has 1 aromatic carbocycles. The molecule has 5 heteroatoms. The number of nitrogens with two attached hydrogens (primary N) is 1. The van der Waals surface area contributed by atoms with Crippen molar-refractivity contribution in [3.63, 3.8) is 0 Å². The maximum Gasteiger partial charge on any atom is 0.254 e. The molecule has 17 heavy (non-hydrogen) atoms. The van der Waals surface area contributed by atoms with Crippen LogP contribution in [-0.2, 0) is 4.79 Å². The zero-order valence-electron chi connectivity index (χ0n) is 9.74.